The van der Waals surface area contributed by atoms with Crippen LogP contribution in [0.4, 0.5) is 0 Å². The molecule has 82 valence electrons. The van der Waals surface area contributed by atoms with Gasteiger partial charge in [-0.2, -0.15) is 0 Å². The lowest BCUT2D eigenvalue weighted by Gasteiger charge is -2.04. The molecule has 0 N–H and O–H groups in total. The maximum absolute atomic E-state index is 4.11. The minimum absolute atomic E-state index is 0.368. The quantitative estimate of drug-likeness (QED) is 0.714. The molecule has 2 aromatic rings. The fourth-order valence-corrected chi connectivity index (χ4v) is 1.43. The van der Waals surface area contributed by atoms with Crippen LogP contribution in [0.5, 0.6) is 0 Å². The summed E-state index contributed by atoms with van der Waals surface area (Å²) < 4.78 is 1.94. The van der Waals surface area contributed by atoms with E-state index < -0.39 is 0 Å². The SMILES string of the molecule is CC.Cc1ccc2c(c1)nnn2C(C)C. The van der Waals surface area contributed by atoms with Crippen molar-refractivity contribution in [1.29, 1.82) is 0 Å². The second-order valence-electron chi connectivity index (χ2n) is 3.62. The summed E-state index contributed by atoms with van der Waals surface area (Å²) in [4.78, 5) is 0. The van der Waals surface area contributed by atoms with Crippen molar-refractivity contribution in [2.24, 2.45) is 0 Å². The molecule has 1 aromatic heterocycles. The number of benzene rings is 1. The van der Waals surface area contributed by atoms with Crippen molar-refractivity contribution >= 4 is 11.0 Å². The summed E-state index contributed by atoms with van der Waals surface area (Å²) in [6, 6.07) is 6.59. The minimum atomic E-state index is 0.368. The Morgan fingerprint density at radius 3 is 2.47 bits per heavy atom. The van der Waals surface area contributed by atoms with Crippen molar-refractivity contribution in [3.8, 4) is 0 Å². The Morgan fingerprint density at radius 2 is 1.87 bits per heavy atom. The van der Waals surface area contributed by atoms with Crippen LogP contribution in [0.2, 0.25) is 0 Å². The molecule has 0 aliphatic rings. The van der Waals surface area contributed by atoms with E-state index in [9.17, 15) is 0 Å². The predicted molar refractivity (Wildman–Crippen MR) is 64.0 cm³/mol. The molecule has 0 radical (unpaired) electrons. The largest absolute Gasteiger partial charge is 0.242 e. The Hall–Kier alpha value is -1.38. The molecule has 0 aliphatic heterocycles. The van der Waals surface area contributed by atoms with Crippen LogP contribution in [0, 0.1) is 6.92 Å². The van der Waals surface area contributed by atoms with Gasteiger partial charge in [-0.25, -0.2) is 4.68 Å². The molecule has 0 bridgehead atoms. The van der Waals surface area contributed by atoms with E-state index in [-0.39, 0.29) is 0 Å². The van der Waals surface area contributed by atoms with Gasteiger partial charge in [0.1, 0.15) is 5.52 Å². The molecule has 3 heteroatoms. The molecular weight excluding hydrogens is 186 g/mol. The smallest absolute Gasteiger partial charge is 0.113 e. The van der Waals surface area contributed by atoms with Crippen LogP contribution in [0.15, 0.2) is 18.2 Å². The van der Waals surface area contributed by atoms with Gasteiger partial charge in [-0.05, 0) is 38.5 Å². The molecule has 0 amide bonds. The van der Waals surface area contributed by atoms with Crippen molar-refractivity contribution in [1.82, 2.24) is 15.0 Å². The number of hydrogen-bond acceptors (Lipinski definition) is 2. The molecule has 0 unspecified atom stereocenters. The van der Waals surface area contributed by atoms with Gasteiger partial charge in [0.2, 0.25) is 0 Å². The van der Waals surface area contributed by atoms with E-state index in [4.69, 9.17) is 0 Å². The van der Waals surface area contributed by atoms with Gasteiger partial charge in [0.05, 0.1) is 5.52 Å². The molecule has 0 spiro atoms. The number of hydrogen-bond donors (Lipinski definition) is 0. The zero-order valence-electron chi connectivity index (χ0n) is 10.2. The molecule has 15 heavy (non-hydrogen) atoms. The van der Waals surface area contributed by atoms with Gasteiger partial charge in [0.25, 0.3) is 0 Å². The molecule has 0 fully saturated rings. The number of rotatable bonds is 1. The van der Waals surface area contributed by atoms with Gasteiger partial charge in [0.15, 0.2) is 0 Å². The van der Waals surface area contributed by atoms with Gasteiger partial charge < -0.3 is 0 Å². The Morgan fingerprint density at radius 1 is 1.20 bits per heavy atom. The minimum Gasteiger partial charge on any atom is -0.242 e. The van der Waals surface area contributed by atoms with Crippen LogP contribution >= 0.6 is 0 Å². The third kappa shape index (κ3) is 2.35. The van der Waals surface area contributed by atoms with E-state index in [0.717, 1.165) is 11.0 Å². The first-order valence-electron chi connectivity index (χ1n) is 5.50. The van der Waals surface area contributed by atoms with Gasteiger partial charge >= 0.3 is 0 Å². The van der Waals surface area contributed by atoms with Gasteiger partial charge in [-0.1, -0.05) is 25.1 Å². The lowest BCUT2D eigenvalue weighted by Crippen LogP contribution is -2.02. The third-order valence-electron chi connectivity index (χ3n) is 2.12. The average Bonchev–Trinajstić information content (AvgIpc) is 2.63. The Labute approximate surface area is 91.1 Å². The van der Waals surface area contributed by atoms with E-state index in [1.807, 2.05) is 18.5 Å². The fourth-order valence-electron chi connectivity index (χ4n) is 1.43. The number of aromatic nitrogens is 3. The third-order valence-corrected chi connectivity index (χ3v) is 2.12. The van der Waals surface area contributed by atoms with Crippen LogP contribution in [0.25, 0.3) is 11.0 Å². The van der Waals surface area contributed by atoms with Gasteiger partial charge in [-0.3, -0.25) is 0 Å². The van der Waals surface area contributed by atoms with Gasteiger partial charge in [0, 0.05) is 6.04 Å². The highest BCUT2D eigenvalue weighted by Gasteiger charge is 2.06. The zero-order valence-corrected chi connectivity index (χ0v) is 10.2. The summed E-state index contributed by atoms with van der Waals surface area (Å²) in [5, 5.41) is 8.22. The molecule has 3 nitrogen and oxygen atoms in total. The van der Waals surface area contributed by atoms with E-state index in [1.165, 1.54) is 5.56 Å². The second kappa shape index (κ2) is 4.91. The second-order valence-corrected chi connectivity index (χ2v) is 3.62. The standard InChI is InChI=1S/C10H13N3.C2H6/c1-7(2)13-10-5-4-8(3)6-9(10)11-12-13;1-2/h4-7H,1-3H3;1-2H3. The van der Waals surface area contributed by atoms with E-state index in [1.54, 1.807) is 0 Å². The molecule has 1 aromatic carbocycles. The lowest BCUT2D eigenvalue weighted by atomic mass is 10.2. The van der Waals surface area contributed by atoms with Crippen molar-refractivity contribution in [2.45, 2.75) is 40.7 Å². The first-order chi connectivity index (χ1) is 7.18. The normalized spacial score (nSPS) is 10.3. The maximum Gasteiger partial charge on any atom is 0.113 e. The first-order valence-corrected chi connectivity index (χ1v) is 5.50. The highest BCUT2D eigenvalue weighted by Crippen LogP contribution is 2.16. The van der Waals surface area contributed by atoms with Crippen LogP contribution in [-0.2, 0) is 0 Å². The van der Waals surface area contributed by atoms with Crippen LogP contribution < -0.4 is 0 Å². The molecule has 0 atom stereocenters. The van der Waals surface area contributed by atoms with E-state index in [0.29, 0.717) is 6.04 Å². The van der Waals surface area contributed by atoms with Crippen molar-refractivity contribution in [2.75, 3.05) is 0 Å². The Balaban J connectivity index is 0.000000531. The summed E-state index contributed by atoms with van der Waals surface area (Å²) in [7, 11) is 0. The summed E-state index contributed by atoms with van der Waals surface area (Å²) in [5.41, 5.74) is 3.32. The van der Waals surface area contributed by atoms with Crippen LogP contribution in [0.3, 0.4) is 0 Å². The predicted octanol–water partition coefficient (Wildman–Crippen LogP) is 3.35. The Bertz CT molecular complexity index is 429. The summed E-state index contributed by atoms with van der Waals surface area (Å²) in [6.45, 7) is 10.3. The Kier molecular flexibility index (Phi) is 3.83. The number of nitrogens with zero attached hydrogens (tertiary/aromatic N) is 3. The van der Waals surface area contributed by atoms with Crippen LogP contribution in [-0.4, -0.2) is 15.0 Å². The molecule has 0 aliphatic carbocycles. The topological polar surface area (TPSA) is 30.7 Å². The summed E-state index contributed by atoms with van der Waals surface area (Å²) >= 11 is 0. The summed E-state index contributed by atoms with van der Waals surface area (Å²) in [6.07, 6.45) is 0. The number of fused-ring (bicyclic) bond motifs is 1. The van der Waals surface area contributed by atoms with Gasteiger partial charge in [-0.15, -0.1) is 5.10 Å². The highest BCUT2D eigenvalue weighted by atomic mass is 15.4. The monoisotopic (exact) mass is 205 g/mol. The van der Waals surface area contributed by atoms with Crippen molar-refractivity contribution in [3.63, 3.8) is 0 Å². The van der Waals surface area contributed by atoms with E-state index >= 15 is 0 Å². The molecule has 0 saturated heterocycles. The molecule has 2 rings (SSSR count). The lowest BCUT2D eigenvalue weighted by molar-refractivity contribution is 0.530. The molecule has 1 heterocycles. The maximum atomic E-state index is 4.11. The fraction of sp³-hybridized carbons (Fsp3) is 0.500. The first kappa shape index (κ1) is 11.7. The summed E-state index contributed by atoms with van der Waals surface area (Å²) in [5.74, 6) is 0. The van der Waals surface area contributed by atoms with Crippen molar-refractivity contribution < 1.29 is 0 Å². The highest BCUT2D eigenvalue weighted by molar-refractivity contribution is 5.75. The van der Waals surface area contributed by atoms with Crippen molar-refractivity contribution in [3.05, 3.63) is 23.8 Å². The zero-order chi connectivity index (χ0) is 11.4. The number of aryl methyl sites for hydroxylation is 1. The van der Waals surface area contributed by atoms with E-state index in [2.05, 4.69) is 49.3 Å². The van der Waals surface area contributed by atoms with Crippen LogP contribution in [0.1, 0.15) is 39.3 Å². The molecule has 0 saturated carbocycles. The molecular formula is C12H19N3. The average molecular weight is 205 g/mol.